The van der Waals surface area contributed by atoms with Gasteiger partial charge in [0.15, 0.2) is 5.78 Å². The number of allylic oxidation sites excluding steroid dienone is 2. The molecule has 0 amide bonds. The summed E-state index contributed by atoms with van der Waals surface area (Å²) in [6.45, 7) is 0. The van der Waals surface area contributed by atoms with Gasteiger partial charge in [0, 0.05) is 12.5 Å². The van der Waals surface area contributed by atoms with E-state index in [0.29, 0.717) is 35.5 Å². The first-order chi connectivity index (χ1) is 10.2. The van der Waals surface area contributed by atoms with Crippen molar-refractivity contribution in [1.29, 1.82) is 0 Å². The van der Waals surface area contributed by atoms with Crippen LogP contribution in [0.3, 0.4) is 0 Å². The summed E-state index contributed by atoms with van der Waals surface area (Å²) in [4.78, 5) is 11.5. The van der Waals surface area contributed by atoms with E-state index in [-0.39, 0.29) is 17.5 Å². The summed E-state index contributed by atoms with van der Waals surface area (Å²) in [5.74, 6) is 1.15. The Kier molecular flexibility index (Phi) is 2.51. The minimum atomic E-state index is -0.426. The summed E-state index contributed by atoms with van der Waals surface area (Å²) in [6.07, 6.45) is 5.69. The van der Waals surface area contributed by atoms with Gasteiger partial charge in [-0.1, -0.05) is 0 Å². The van der Waals surface area contributed by atoms with Crippen LogP contribution >= 0.6 is 0 Å². The normalized spacial score (nSPS) is 25.2. The molecule has 2 unspecified atom stereocenters. The van der Waals surface area contributed by atoms with E-state index in [1.165, 1.54) is 7.11 Å². The first kappa shape index (κ1) is 12.3. The lowest BCUT2D eigenvalue weighted by molar-refractivity contribution is -0.114. The van der Waals surface area contributed by atoms with Crippen molar-refractivity contribution in [2.75, 3.05) is 7.11 Å². The summed E-state index contributed by atoms with van der Waals surface area (Å²) >= 11 is 0. The molecule has 2 heterocycles. The second kappa shape index (κ2) is 4.28. The van der Waals surface area contributed by atoms with Gasteiger partial charge in [0.2, 0.25) is 0 Å². The van der Waals surface area contributed by atoms with Crippen LogP contribution in [0.1, 0.15) is 29.9 Å². The number of benzene rings is 1. The quantitative estimate of drug-likeness (QED) is 0.905. The van der Waals surface area contributed by atoms with Crippen LogP contribution < -0.4 is 9.47 Å². The number of phenols is 1. The SMILES string of the molecule is COc1cc2c(c(O)c1C1=CC(=O)CC1)C1C=COC1O2. The van der Waals surface area contributed by atoms with Crippen molar-refractivity contribution in [3.63, 3.8) is 0 Å². The van der Waals surface area contributed by atoms with Crippen molar-refractivity contribution >= 4 is 11.4 Å². The molecule has 0 saturated heterocycles. The Morgan fingerprint density at radius 2 is 2.24 bits per heavy atom. The monoisotopic (exact) mass is 286 g/mol. The van der Waals surface area contributed by atoms with Crippen molar-refractivity contribution in [3.05, 3.63) is 35.6 Å². The maximum Gasteiger partial charge on any atom is 0.250 e. The minimum absolute atomic E-state index is 0.0742. The Bertz CT molecular complexity index is 701. The van der Waals surface area contributed by atoms with Gasteiger partial charge in [0.1, 0.15) is 17.2 Å². The lowest BCUT2D eigenvalue weighted by Gasteiger charge is -2.15. The average Bonchev–Trinajstić information content (AvgIpc) is 3.13. The fourth-order valence-electron chi connectivity index (χ4n) is 3.16. The Morgan fingerprint density at radius 3 is 2.95 bits per heavy atom. The molecule has 0 fully saturated rings. The predicted molar refractivity (Wildman–Crippen MR) is 74.3 cm³/mol. The van der Waals surface area contributed by atoms with E-state index in [1.54, 1.807) is 18.4 Å². The Morgan fingerprint density at radius 1 is 1.38 bits per heavy atom. The highest BCUT2D eigenvalue weighted by molar-refractivity contribution is 6.03. The van der Waals surface area contributed by atoms with Gasteiger partial charge >= 0.3 is 0 Å². The number of hydrogen-bond acceptors (Lipinski definition) is 5. The maximum atomic E-state index is 11.5. The second-order valence-corrected chi connectivity index (χ2v) is 5.33. The highest BCUT2D eigenvalue weighted by Gasteiger charge is 2.41. The third-order valence-electron chi connectivity index (χ3n) is 4.15. The molecular weight excluding hydrogens is 272 g/mol. The van der Waals surface area contributed by atoms with Gasteiger partial charge in [0.25, 0.3) is 6.29 Å². The molecule has 108 valence electrons. The van der Waals surface area contributed by atoms with Gasteiger partial charge in [-0.25, -0.2) is 0 Å². The summed E-state index contributed by atoms with van der Waals surface area (Å²) in [6, 6.07) is 1.75. The third kappa shape index (κ3) is 1.67. The van der Waals surface area contributed by atoms with Crippen molar-refractivity contribution < 1.29 is 24.1 Å². The van der Waals surface area contributed by atoms with Gasteiger partial charge in [-0.15, -0.1) is 0 Å². The molecular formula is C16H14O5. The summed E-state index contributed by atoms with van der Waals surface area (Å²) in [5, 5.41) is 10.7. The summed E-state index contributed by atoms with van der Waals surface area (Å²) in [7, 11) is 1.54. The van der Waals surface area contributed by atoms with E-state index in [1.807, 2.05) is 6.08 Å². The largest absolute Gasteiger partial charge is 0.507 e. The molecule has 1 aromatic rings. The van der Waals surface area contributed by atoms with E-state index >= 15 is 0 Å². The number of fused-ring (bicyclic) bond motifs is 3. The molecule has 0 aromatic heterocycles. The van der Waals surface area contributed by atoms with Crippen molar-refractivity contribution in [2.24, 2.45) is 0 Å². The van der Waals surface area contributed by atoms with E-state index in [0.717, 1.165) is 5.57 Å². The standard InChI is InChI=1S/C16H14O5/c1-19-11-7-12-14(10-4-5-20-16(10)21-12)15(18)13(11)8-2-3-9(17)6-8/h4-7,10,16,18H,2-3H2,1H3. The molecule has 21 heavy (non-hydrogen) atoms. The number of methoxy groups -OCH3 is 1. The number of phenolic OH excluding ortho intramolecular Hbond substituents is 1. The van der Waals surface area contributed by atoms with Crippen molar-refractivity contribution in [2.45, 2.75) is 25.0 Å². The number of carbonyl (C=O) groups is 1. The van der Waals surface area contributed by atoms with Crippen LogP contribution in [0.2, 0.25) is 0 Å². The maximum absolute atomic E-state index is 11.5. The van der Waals surface area contributed by atoms with Crippen molar-refractivity contribution in [3.8, 4) is 17.2 Å². The number of ether oxygens (including phenoxy) is 3. The predicted octanol–water partition coefficient (Wildman–Crippen LogP) is 2.49. The molecule has 0 bridgehead atoms. The lowest BCUT2D eigenvalue weighted by atomic mass is 9.93. The third-order valence-corrected chi connectivity index (χ3v) is 4.15. The van der Waals surface area contributed by atoms with E-state index in [2.05, 4.69) is 0 Å². The zero-order chi connectivity index (χ0) is 14.6. The van der Waals surface area contributed by atoms with Crippen LogP contribution in [0.15, 0.2) is 24.5 Å². The Hall–Kier alpha value is -2.43. The van der Waals surface area contributed by atoms with Crippen LogP contribution in [0.25, 0.3) is 5.57 Å². The highest BCUT2D eigenvalue weighted by atomic mass is 16.7. The zero-order valence-electron chi connectivity index (χ0n) is 11.5. The van der Waals surface area contributed by atoms with Gasteiger partial charge in [-0.2, -0.15) is 0 Å². The lowest BCUT2D eigenvalue weighted by Crippen LogP contribution is -2.14. The smallest absolute Gasteiger partial charge is 0.250 e. The second-order valence-electron chi connectivity index (χ2n) is 5.33. The minimum Gasteiger partial charge on any atom is -0.507 e. The molecule has 5 nitrogen and oxygen atoms in total. The fourth-order valence-corrected chi connectivity index (χ4v) is 3.16. The molecule has 3 aliphatic rings. The molecule has 0 radical (unpaired) electrons. The molecule has 1 aliphatic carbocycles. The Labute approximate surface area is 121 Å². The average molecular weight is 286 g/mol. The van der Waals surface area contributed by atoms with Gasteiger partial charge < -0.3 is 19.3 Å². The topological polar surface area (TPSA) is 65.0 Å². The van der Waals surface area contributed by atoms with Gasteiger partial charge in [-0.3, -0.25) is 4.79 Å². The molecule has 4 rings (SSSR count). The first-order valence-corrected chi connectivity index (χ1v) is 6.85. The summed E-state index contributed by atoms with van der Waals surface area (Å²) in [5.41, 5.74) is 2.10. The van der Waals surface area contributed by atoms with Crippen LogP contribution in [0.4, 0.5) is 0 Å². The number of carbonyl (C=O) groups excluding carboxylic acids is 1. The molecule has 2 aliphatic heterocycles. The van der Waals surface area contributed by atoms with Gasteiger partial charge in [0.05, 0.1) is 30.4 Å². The summed E-state index contributed by atoms with van der Waals surface area (Å²) < 4.78 is 16.4. The molecule has 0 spiro atoms. The number of aromatic hydroxyl groups is 1. The Balaban J connectivity index is 1.91. The molecule has 1 aromatic carbocycles. The number of hydrogen-bond donors (Lipinski definition) is 1. The zero-order valence-corrected chi connectivity index (χ0v) is 11.5. The van der Waals surface area contributed by atoms with Crippen molar-refractivity contribution in [1.82, 2.24) is 0 Å². The highest BCUT2D eigenvalue weighted by Crippen LogP contribution is 2.53. The molecule has 2 atom stereocenters. The van der Waals surface area contributed by atoms with Crippen LogP contribution in [0.5, 0.6) is 17.2 Å². The van der Waals surface area contributed by atoms with E-state index in [4.69, 9.17) is 14.2 Å². The first-order valence-electron chi connectivity index (χ1n) is 6.85. The van der Waals surface area contributed by atoms with Gasteiger partial charge in [-0.05, 0) is 24.1 Å². The molecule has 1 N–H and O–H groups in total. The van der Waals surface area contributed by atoms with E-state index in [9.17, 15) is 9.90 Å². The number of rotatable bonds is 2. The van der Waals surface area contributed by atoms with E-state index < -0.39 is 6.29 Å². The fraction of sp³-hybridized carbons (Fsp3) is 0.312. The number of ketones is 1. The van der Waals surface area contributed by atoms with Crippen LogP contribution in [-0.2, 0) is 9.53 Å². The van der Waals surface area contributed by atoms with Crippen LogP contribution in [0, 0.1) is 0 Å². The molecule has 5 heteroatoms. The van der Waals surface area contributed by atoms with Crippen LogP contribution in [-0.4, -0.2) is 24.3 Å². The molecule has 0 saturated carbocycles.